The molecule has 0 saturated carbocycles. The number of ether oxygens (including phenoxy) is 3. The molecule has 0 aliphatic rings. The van der Waals surface area contributed by atoms with E-state index in [2.05, 4.69) is 0 Å². The van der Waals surface area contributed by atoms with Gasteiger partial charge in [-0.05, 0) is 42.8 Å². The summed E-state index contributed by atoms with van der Waals surface area (Å²) >= 11 is 0. The highest BCUT2D eigenvalue weighted by Crippen LogP contribution is 2.27. The molecule has 3 aromatic rings. The van der Waals surface area contributed by atoms with Crippen LogP contribution in [0.5, 0.6) is 17.2 Å². The molecule has 0 atom stereocenters. The number of nitrogens with zero attached hydrogens (tertiary/aromatic N) is 1. The van der Waals surface area contributed by atoms with Gasteiger partial charge in [0, 0.05) is 5.57 Å². The molecule has 0 bridgehead atoms. The Balaban J connectivity index is 1.93. The van der Waals surface area contributed by atoms with Crippen LogP contribution in [-0.2, 0) is 0 Å². The molecule has 0 aromatic heterocycles. The monoisotopic (exact) mass is 373 g/mol. The fourth-order valence-electron chi connectivity index (χ4n) is 2.52. The molecule has 142 valence electrons. The van der Waals surface area contributed by atoms with Gasteiger partial charge in [0.15, 0.2) is 11.5 Å². The highest BCUT2D eigenvalue weighted by Gasteiger charge is 2.11. The predicted molar refractivity (Wildman–Crippen MR) is 113 cm³/mol. The smallest absolute Gasteiger partial charge is 0.226 e. The summed E-state index contributed by atoms with van der Waals surface area (Å²) in [5, 5.41) is 0. The average molecular weight is 373 g/mol. The van der Waals surface area contributed by atoms with Crippen molar-refractivity contribution in [1.29, 1.82) is 0 Å². The summed E-state index contributed by atoms with van der Waals surface area (Å²) in [6.45, 7) is 2.03. The lowest BCUT2D eigenvalue weighted by molar-refractivity contribution is 0.376. The van der Waals surface area contributed by atoms with Crippen molar-refractivity contribution in [3.05, 3.63) is 96.8 Å². The molecule has 0 spiro atoms. The standard InChI is InChI=1S/C24H23NO3/c1-3-19(18-27-23-17-11-10-16-22(23)26-2)24(25-20-12-6-4-7-13-20)28-21-14-8-5-9-15-21/h4-18H,3H2,1-2H3. The van der Waals surface area contributed by atoms with E-state index in [4.69, 9.17) is 19.2 Å². The fraction of sp³-hybridized carbons (Fsp3) is 0.125. The summed E-state index contributed by atoms with van der Waals surface area (Å²) in [5.41, 5.74) is 1.64. The van der Waals surface area contributed by atoms with Crippen LogP contribution in [0.25, 0.3) is 0 Å². The third kappa shape index (κ3) is 5.24. The van der Waals surface area contributed by atoms with Crippen molar-refractivity contribution >= 4 is 11.6 Å². The highest BCUT2D eigenvalue weighted by atomic mass is 16.5. The maximum absolute atomic E-state index is 6.09. The van der Waals surface area contributed by atoms with Crippen LogP contribution in [0.4, 0.5) is 5.69 Å². The molecule has 0 aliphatic heterocycles. The topological polar surface area (TPSA) is 40.0 Å². The van der Waals surface area contributed by atoms with Gasteiger partial charge in [-0.2, -0.15) is 0 Å². The quantitative estimate of drug-likeness (QED) is 0.282. The second-order valence-corrected chi connectivity index (χ2v) is 5.93. The first-order valence-corrected chi connectivity index (χ1v) is 9.16. The van der Waals surface area contributed by atoms with Crippen LogP contribution < -0.4 is 14.2 Å². The molecule has 4 heteroatoms. The fourth-order valence-corrected chi connectivity index (χ4v) is 2.52. The third-order valence-electron chi connectivity index (χ3n) is 4.00. The Kier molecular flexibility index (Phi) is 6.85. The van der Waals surface area contributed by atoms with Gasteiger partial charge in [-0.3, -0.25) is 0 Å². The Morgan fingerprint density at radius 3 is 2.07 bits per heavy atom. The van der Waals surface area contributed by atoms with E-state index in [-0.39, 0.29) is 0 Å². The summed E-state index contributed by atoms with van der Waals surface area (Å²) in [4.78, 5) is 4.69. The minimum Gasteiger partial charge on any atom is -0.493 e. The van der Waals surface area contributed by atoms with E-state index < -0.39 is 0 Å². The van der Waals surface area contributed by atoms with Crippen molar-refractivity contribution in [2.24, 2.45) is 4.99 Å². The van der Waals surface area contributed by atoms with E-state index in [1.54, 1.807) is 13.4 Å². The molecule has 0 radical (unpaired) electrons. The van der Waals surface area contributed by atoms with E-state index in [9.17, 15) is 0 Å². The van der Waals surface area contributed by atoms with Gasteiger partial charge >= 0.3 is 0 Å². The Bertz CT molecular complexity index is 934. The number of hydrogen-bond donors (Lipinski definition) is 0. The molecule has 0 aliphatic carbocycles. The van der Waals surface area contributed by atoms with Crippen LogP contribution in [0.3, 0.4) is 0 Å². The Hall–Kier alpha value is -3.53. The Morgan fingerprint density at radius 2 is 1.43 bits per heavy atom. The van der Waals surface area contributed by atoms with Gasteiger partial charge in [0.1, 0.15) is 5.75 Å². The number of benzene rings is 3. The average Bonchev–Trinajstić information content (AvgIpc) is 2.76. The largest absolute Gasteiger partial charge is 0.493 e. The zero-order valence-corrected chi connectivity index (χ0v) is 16.0. The summed E-state index contributed by atoms with van der Waals surface area (Å²) in [5.74, 6) is 2.51. The molecular weight excluding hydrogens is 350 g/mol. The lowest BCUT2D eigenvalue weighted by Gasteiger charge is -2.13. The highest BCUT2D eigenvalue weighted by molar-refractivity contribution is 5.96. The zero-order valence-electron chi connectivity index (χ0n) is 16.0. The molecule has 0 fully saturated rings. The minimum atomic E-state index is 0.495. The Labute approximate surface area is 165 Å². The summed E-state index contributed by atoms with van der Waals surface area (Å²) < 4.78 is 17.3. The molecule has 0 heterocycles. The second-order valence-electron chi connectivity index (χ2n) is 5.93. The molecular formula is C24H23NO3. The maximum atomic E-state index is 6.09. The predicted octanol–water partition coefficient (Wildman–Crippen LogP) is 6.18. The molecule has 0 N–H and O–H groups in total. The van der Waals surface area contributed by atoms with Gasteiger partial charge < -0.3 is 14.2 Å². The van der Waals surface area contributed by atoms with Gasteiger partial charge in [0.05, 0.1) is 19.1 Å². The number of para-hydroxylation sites is 4. The second kappa shape index (κ2) is 9.97. The number of hydrogen-bond acceptors (Lipinski definition) is 4. The molecule has 0 saturated heterocycles. The summed E-state index contributed by atoms with van der Waals surface area (Å²) in [6.07, 6.45) is 2.36. The first-order valence-electron chi connectivity index (χ1n) is 9.16. The normalized spacial score (nSPS) is 11.8. The van der Waals surface area contributed by atoms with Crippen molar-refractivity contribution < 1.29 is 14.2 Å². The van der Waals surface area contributed by atoms with Gasteiger partial charge in [0.25, 0.3) is 0 Å². The van der Waals surface area contributed by atoms with Crippen LogP contribution >= 0.6 is 0 Å². The molecule has 3 rings (SSSR count). The van der Waals surface area contributed by atoms with Crippen LogP contribution in [0, 0.1) is 0 Å². The van der Waals surface area contributed by atoms with Crippen LogP contribution in [0.15, 0.2) is 102 Å². The van der Waals surface area contributed by atoms with E-state index in [1.165, 1.54) is 0 Å². The van der Waals surface area contributed by atoms with E-state index >= 15 is 0 Å². The van der Waals surface area contributed by atoms with Gasteiger partial charge in [-0.15, -0.1) is 0 Å². The van der Waals surface area contributed by atoms with Crippen molar-refractivity contribution in [3.8, 4) is 17.2 Å². The van der Waals surface area contributed by atoms with E-state index in [0.717, 1.165) is 11.3 Å². The van der Waals surface area contributed by atoms with Crippen LogP contribution in [0.2, 0.25) is 0 Å². The lowest BCUT2D eigenvalue weighted by Crippen LogP contribution is -2.12. The minimum absolute atomic E-state index is 0.495. The van der Waals surface area contributed by atoms with Gasteiger partial charge in [-0.1, -0.05) is 55.5 Å². The van der Waals surface area contributed by atoms with Crippen LogP contribution in [-0.4, -0.2) is 13.0 Å². The van der Waals surface area contributed by atoms with Crippen molar-refractivity contribution in [2.45, 2.75) is 13.3 Å². The first kappa shape index (κ1) is 19.2. The summed E-state index contributed by atoms with van der Waals surface area (Å²) in [7, 11) is 1.62. The van der Waals surface area contributed by atoms with Crippen molar-refractivity contribution in [2.75, 3.05) is 7.11 Å². The van der Waals surface area contributed by atoms with Gasteiger partial charge in [-0.25, -0.2) is 4.99 Å². The number of rotatable bonds is 7. The van der Waals surface area contributed by atoms with E-state index in [0.29, 0.717) is 29.6 Å². The Morgan fingerprint density at radius 1 is 0.821 bits per heavy atom. The zero-order chi connectivity index (χ0) is 19.6. The first-order chi connectivity index (χ1) is 13.8. The van der Waals surface area contributed by atoms with Gasteiger partial charge in [0.2, 0.25) is 5.90 Å². The SMILES string of the molecule is CCC(=COc1ccccc1OC)C(=Nc1ccccc1)Oc1ccccc1. The van der Waals surface area contributed by atoms with Crippen molar-refractivity contribution in [1.82, 2.24) is 0 Å². The molecule has 0 amide bonds. The molecule has 28 heavy (non-hydrogen) atoms. The third-order valence-corrected chi connectivity index (χ3v) is 4.00. The van der Waals surface area contributed by atoms with Crippen LogP contribution in [0.1, 0.15) is 13.3 Å². The van der Waals surface area contributed by atoms with E-state index in [1.807, 2.05) is 91.9 Å². The van der Waals surface area contributed by atoms with Crippen molar-refractivity contribution in [3.63, 3.8) is 0 Å². The molecule has 0 unspecified atom stereocenters. The maximum Gasteiger partial charge on any atom is 0.226 e. The summed E-state index contributed by atoms with van der Waals surface area (Å²) in [6, 6.07) is 26.8. The lowest BCUT2D eigenvalue weighted by atomic mass is 10.2. The number of methoxy groups -OCH3 is 1. The number of aliphatic imine (C=N–C) groups is 1. The molecule has 3 aromatic carbocycles. The molecule has 4 nitrogen and oxygen atoms in total.